The molecule has 2 heterocycles. The van der Waals surface area contributed by atoms with Gasteiger partial charge in [-0.15, -0.1) is 11.6 Å². The van der Waals surface area contributed by atoms with Crippen molar-refractivity contribution in [3.8, 4) is 0 Å². The van der Waals surface area contributed by atoms with E-state index in [1.807, 2.05) is 12.1 Å². The van der Waals surface area contributed by atoms with Crippen LogP contribution in [0.3, 0.4) is 0 Å². The Balaban J connectivity index is 2.00. The number of alkyl halides is 1. The molecule has 2 fully saturated rings. The van der Waals surface area contributed by atoms with Crippen LogP contribution in [-0.4, -0.2) is 35.9 Å². The molecular formula is C21H19ClN2O4. The fourth-order valence-corrected chi connectivity index (χ4v) is 4.98. The average molecular weight is 399 g/mol. The molecule has 0 N–H and O–H groups in total. The first-order chi connectivity index (χ1) is 13.4. The molecule has 2 saturated heterocycles. The Bertz CT molecular complexity index is 890. The number of rotatable bonds is 4. The molecule has 0 aliphatic carbocycles. The van der Waals surface area contributed by atoms with Gasteiger partial charge in [0.2, 0.25) is 16.7 Å². The van der Waals surface area contributed by atoms with E-state index in [2.05, 4.69) is 0 Å². The second-order valence-corrected chi connectivity index (χ2v) is 7.45. The minimum Gasteiger partial charge on any atom is -0.468 e. The van der Waals surface area contributed by atoms with Crippen molar-refractivity contribution in [2.24, 2.45) is 5.41 Å². The van der Waals surface area contributed by atoms with Crippen molar-refractivity contribution in [3.63, 3.8) is 0 Å². The molecule has 144 valence electrons. The summed E-state index contributed by atoms with van der Waals surface area (Å²) in [6.07, 6.45) is -0.960. The number of methoxy groups -OCH3 is 1. The largest absolute Gasteiger partial charge is 0.468 e. The standard InChI is InChI=1S/C21H19ClN2O4/c1-3-20-17(25)23(14-10-6-4-7-11-14)16(21(20,22)19(27)28-2)24(18(20)26)15-12-8-5-9-13-15/h4-13,16H,3H2,1-2H3. The summed E-state index contributed by atoms with van der Waals surface area (Å²) < 4.78 is 4.98. The van der Waals surface area contributed by atoms with E-state index < -0.39 is 34.2 Å². The molecule has 7 heteroatoms. The second kappa shape index (κ2) is 6.34. The lowest BCUT2D eigenvalue weighted by Crippen LogP contribution is -2.57. The van der Waals surface area contributed by atoms with Crippen molar-refractivity contribution in [3.05, 3.63) is 60.7 Å². The number of carbonyl (C=O) groups excluding carboxylic acids is 3. The molecule has 2 aliphatic heterocycles. The summed E-state index contributed by atoms with van der Waals surface area (Å²) in [6.45, 7) is 1.69. The van der Waals surface area contributed by atoms with E-state index in [1.165, 1.54) is 16.9 Å². The molecule has 1 atom stereocenters. The molecule has 0 spiro atoms. The van der Waals surface area contributed by atoms with E-state index in [0.29, 0.717) is 11.4 Å². The molecule has 0 radical (unpaired) electrons. The van der Waals surface area contributed by atoms with Crippen LogP contribution < -0.4 is 9.80 Å². The SMILES string of the molecule is CCC12C(=O)N(c3ccccc3)C(N(c3ccccc3)C1=O)C2(Cl)C(=O)OC. The van der Waals surface area contributed by atoms with Crippen LogP contribution in [0.1, 0.15) is 13.3 Å². The Morgan fingerprint density at radius 3 is 1.75 bits per heavy atom. The van der Waals surface area contributed by atoms with Gasteiger partial charge >= 0.3 is 5.97 Å². The smallest absolute Gasteiger partial charge is 0.332 e. The van der Waals surface area contributed by atoms with Crippen LogP contribution in [0.4, 0.5) is 11.4 Å². The highest BCUT2D eigenvalue weighted by Crippen LogP contribution is 2.61. The van der Waals surface area contributed by atoms with Gasteiger partial charge < -0.3 is 4.74 Å². The zero-order chi connectivity index (χ0) is 20.1. The van der Waals surface area contributed by atoms with Crippen LogP contribution in [0.15, 0.2) is 60.7 Å². The molecule has 0 aromatic heterocycles. The summed E-state index contributed by atoms with van der Waals surface area (Å²) in [6, 6.07) is 17.8. The number of fused-ring (bicyclic) bond motifs is 2. The van der Waals surface area contributed by atoms with E-state index in [4.69, 9.17) is 16.3 Å². The lowest BCUT2D eigenvalue weighted by atomic mass is 9.75. The third kappa shape index (κ3) is 2.01. The monoisotopic (exact) mass is 398 g/mol. The molecule has 4 rings (SSSR count). The Hall–Kier alpha value is -2.86. The molecular weight excluding hydrogens is 380 g/mol. The first kappa shape index (κ1) is 18.5. The minimum absolute atomic E-state index is 0.0758. The van der Waals surface area contributed by atoms with Crippen LogP contribution in [-0.2, 0) is 19.1 Å². The van der Waals surface area contributed by atoms with Crippen LogP contribution >= 0.6 is 11.6 Å². The maximum Gasteiger partial charge on any atom is 0.332 e. The van der Waals surface area contributed by atoms with E-state index in [9.17, 15) is 14.4 Å². The summed E-state index contributed by atoms with van der Waals surface area (Å²) >= 11 is 6.92. The van der Waals surface area contributed by atoms with Crippen LogP contribution in [0.25, 0.3) is 0 Å². The van der Waals surface area contributed by atoms with Gasteiger partial charge in [0.1, 0.15) is 6.17 Å². The highest BCUT2D eigenvalue weighted by atomic mass is 35.5. The van der Waals surface area contributed by atoms with E-state index in [0.717, 1.165) is 0 Å². The van der Waals surface area contributed by atoms with Gasteiger partial charge in [0, 0.05) is 11.4 Å². The first-order valence-corrected chi connectivity index (χ1v) is 9.37. The number of anilines is 2. The molecule has 28 heavy (non-hydrogen) atoms. The van der Waals surface area contributed by atoms with E-state index in [1.54, 1.807) is 55.5 Å². The Morgan fingerprint density at radius 2 is 1.39 bits per heavy atom. The zero-order valence-electron chi connectivity index (χ0n) is 15.5. The Morgan fingerprint density at radius 1 is 0.964 bits per heavy atom. The number of amides is 2. The van der Waals surface area contributed by atoms with Crippen LogP contribution in [0, 0.1) is 5.41 Å². The lowest BCUT2D eigenvalue weighted by Gasteiger charge is -2.38. The molecule has 2 aromatic rings. The average Bonchev–Trinajstić information content (AvgIpc) is 3.06. The molecule has 2 aliphatic rings. The van der Waals surface area contributed by atoms with Crippen molar-refractivity contribution < 1.29 is 19.1 Å². The van der Waals surface area contributed by atoms with Gasteiger partial charge in [-0.3, -0.25) is 19.4 Å². The fraction of sp³-hybridized carbons (Fsp3) is 0.286. The number of ether oxygens (including phenoxy) is 1. The number of benzene rings is 2. The molecule has 1 unspecified atom stereocenters. The van der Waals surface area contributed by atoms with Gasteiger partial charge in [0.15, 0.2) is 5.41 Å². The number of carbonyl (C=O) groups is 3. The maximum absolute atomic E-state index is 13.5. The predicted octanol–water partition coefficient (Wildman–Crippen LogP) is 2.95. The van der Waals surface area contributed by atoms with Crippen molar-refractivity contribution in [1.29, 1.82) is 0 Å². The van der Waals surface area contributed by atoms with E-state index in [-0.39, 0.29) is 6.42 Å². The van der Waals surface area contributed by atoms with Crippen molar-refractivity contribution in [1.82, 2.24) is 0 Å². The number of hydrogen-bond acceptors (Lipinski definition) is 4. The molecule has 2 amide bonds. The van der Waals surface area contributed by atoms with Gasteiger partial charge in [0.25, 0.3) is 0 Å². The number of para-hydroxylation sites is 2. The van der Waals surface area contributed by atoms with E-state index >= 15 is 0 Å². The highest BCUT2D eigenvalue weighted by Gasteiger charge is 2.83. The summed E-state index contributed by atoms with van der Waals surface area (Å²) in [5.41, 5.74) is -0.608. The third-order valence-electron chi connectivity index (χ3n) is 5.72. The van der Waals surface area contributed by atoms with Crippen molar-refractivity contribution >= 4 is 40.8 Å². The first-order valence-electron chi connectivity index (χ1n) is 9.00. The zero-order valence-corrected chi connectivity index (χ0v) is 16.2. The minimum atomic E-state index is -1.86. The normalized spacial score (nSPS) is 28.8. The number of nitrogens with zero attached hydrogens (tertiary/aromatic N) is 2. The molecule has 2 aromatic carbocycles. The molecule has 6 nitrogen and oxygen atoms in total. The van der Waals surface area contributed by atoms with Gasteiger partial charge in [0.05, 0.1) is 7.11 Å². The van der Waals surface area contributed by atoms with Gasteiger partial charge in [-0.1, -0.05) is 43.3 Å². The number of halogens is 1. The van der Waals surface area contributed by atoms with Gasteiger partial charge in [-0.25, -0.2) is 4.79 Å². The number of esters is 1. The van der Waals surface area contributed by atoms with Crippen LogP contribution in [0.2, 0.25) is 0 Å². The van der Waals surface area contributed by atoms with Crippen molar-refractivity contribution in [2.75, 3.05) is 16.9 Å². The topological polar surface area (TPSA) is 66.9 Å². The molecule has 0 saturated carbocycles. The van der Waals surface area contributed by atoms with Gasteiger partial charge in [-0.2, -0.15) is 0 Å². The summed E-state index contributed by atoms with van der Waals surface area (Å²) in [7, 11) is 1.21. The predicted molar refractivity (Wildman–Crippen MR) is 105 cm³/mol. The maximum atomic E-state index is 13.5. The number of hydrogen-bond donors (Lipinski definition) is 0. The summed E-state index contributed by atoms with van der Waals surface area (Å²) in [5, 5.41) is 0. The van der Waals surface area contributed by atoms with Crippen LogP contribution in [0.5, 0.6) is 0 Å². The Kier molecular flexibility index (Phi) is 4.19. The lowest BCUT2D eigenvalue weighted by molar-refractivity contribution is -0.152. The third-order valence-corrected chi connectivity index (χ3v) is 6.39. The summed E-state index contributed by atoms with van der Waals surface area (Å²) in [4.78, 5) is 41.0. The Labute approximate surface area is 167 Å². The van der Waals surface area contributed by atoms with Crippen molar-refractivity contribution in [2.45, 2.75) is 24.4 Å². The summed E-state index contributed by atoms with van der Waals surface area (Å²) in [5.74, 6) is -1.76. The fourth-order valence-electron chi connectivity index (χ4n) is 4.41. The highest BCUT2D eigenvalue weighted by molar-refractivity contribution is 6.46. The van der Waals surface area contributed by atoms with Gasteiger partial charge in [-0.05, 0) is 30.7 Å². The molecule has 2 bridgehead atoms. The second-order valence-electron chi connectivity index (χ2n) is 6.86. The quantitative estimate of drug-likeness (QED) is 0.451.